The summed E-state index contributed by atoms with van der Waals surface area (Å²) in [5.74, 6) is 0.711. The molecule has 0 saturated heterocycles. The lowest BCUT2D eigenvalue weighted by atomic mass is 10.0. The van der Waals surface area contributed by atoms with Crippen LogP contribution in [0, 0.1) is 5.92 Å². The third-order valence-corrected chi connectivity index (χ3v) is 3.47. The molecule has 0 aliphatic heterocycles. The minimum absolute atomic E-state index is 0.0532. The molecule has 0 radical (unpaired) electrons. The molecule has 18 heavy (non-hydrogen) atoms. The number of hydrogen-bond donors (Lipinski definition) is 1. The topological polar surface area (TPSA) is 42.1 Å². The molecule has 2 N–H and O–H groups in total. The Kier molecular flexibility index (Phi) is 5.60. The number of rotatable bonds is 6. The van der Waals surface area contributed by atoms with Gasteiger partial charge in [0.25, 0.3) is 0 Å². The highest BCUT2D eigenvalue weighted by molar-refractivity contribution is 5.44. The first-order valence-electron chi connectivity index (χ1n) is 6.90. The average Bonchev–Trinajstić information content (AvgIpc) is 2.36. The maximum atomic E-state index is 5.97. The van der Waals surface area contributed by atoms with Crippen molar-refractivity contribution in [3.05, 3.63) is 24.0 Å². The maximum Gasteiger partial charge on any atom is 0.0572 e. The summed E-state index contributed by atoms with van der Waals surface area (Å²) in [5.41, 5.74) is 8.11. The molecule has 0 saturated carbocycles. The average molecular weight is 249 g/mol. The van der Waals surface area contributed by atoms with E-state index in [-0.39, 0.29) is 6.04 Å². The van der Waals surface area contributed by atoms with Crippen LogP contribution in [-0.4, -0.2) is 18.1 Å². The summed E-state index contributed by atoms with van der Waals surface area (Å²) in [6, 6.07) is 4.74. The van der Waals surface area contributed by atoms with E-state index in [1.807, 2.05) is 12.3 Å². The molecule has 1 aromatic rings. The van der Waals surface area contributed by atoms with Crippen LogP contribution in [0.5, 0.6) is 0 Å². The van der Waals surface area contributed by atoms with E-state index in [0.29, 0.717) is 12.0 Å². The molecule has 0 aliphatic rings. The van der Waals surface area contributed by atoms with Gasteiger partial charge in [-0.25, -0.2) is 0 Å². The monoisotopic (exact) mass is 249 g/mol. The van der Waals surface area contributed by atoms with E-state index in [9.17, 15) is 0 Å². The Balaban J connectivity index is 2.72. The fraction of sp³-hybridized carbons (Fsp3) is 0.667. The highest BCUT2D eigenvalue weighted by Gasteiger charge is 2.12. The molecule has 102 valence electrons. The number of aromatic nitrogens is 1. The molecule has 3 nitrogen and oxygen atoms in total. The molecule has 0 amide bonds. The summed E-state index contributed by atoms with van der Waals surface area (Å²) in [6.07, 6.45) is 4.04. The van der Waals surface area contributed by atoms with E-state index in [1.165, 1.54) is 6.42 Å². The second-order valence-corrected chi connectivity index (χ2v) is 5.55. The summed E-state index contributed by atoms with van der Waals surface area (Å²) >= 11 is 0. The lowest BCUT2D eigenvalue weighted by Gasteiger charge is -2.28. The maximum absolute atomic E-state index is 5.97. The summed E-state index contributed by atoms with van der Waals surface area (Å²) in [4.78, 5) is 6.75. The van der Waals surface area contributed by atoms with Crippen LogP contribution in [0.4, 0.5) is 5.69 Å². The molecular formula is C15H27N3. The van der Waals surface area contributed by atoms with Crippen LogP contribution in [0.3, 0.4) is 0 Å². The van der Waals surface area contributed by atoms with Crippen molar-refractivity contribution in [3.63, 3.8) is 0 Å². The Labute approximate surface area is 111 Å². The van der Waals surface area contributed by atoms with Gasteiger partial charge in [0.2, 0.25) is 0 Å². The molecule has 1 unspecified atom stereocenters. The van der Waals surface area contributed by atoms with Crippen molar-refractivity contribution in [2.45, 2.75) is 52.6 Å². The van der Waals surface area contributed by atoms with Gasteiger partial charge in [0, 0.05) is 19.1 Å². The van der Waals surface area contributed by atoms with E-state index in [1.54, 1.807) is 0 Å². The number of nitrogens with zero attached hydrogens (tertiary/aromatic N) is 2. The van der Waals surface area contributed by atoms with E-state index in [2.05, 4.69) is 50.7 Å². The van der Waals surface area contributed by atoms with Crippen molar-refractivity contribution >= 4 is 5.69 Å². The first-order valence-corrected chi connectivity index (χ1v) is 6.90. The Hall–Kier alpha value is -1.09. The molecular weight excluding hydrogens is 222 g/mol. The number of anilines is 1. The molecule has 2 atom stereocenters. The summed E-state index contributed by atoms with van der Waals surface area (Å²) < 4.78 is 0. The number of pyridine rings is 1. The van der Waals surface area contributed by atoms with Gasteiger partial charge in [0.15, 0.2) is 0 Å². The van der Waals surface area contributed by atoms with Crippen LogP contribution in [-0.2, 0) is 0 Å². The smallest absolute Gasteiger partial charge is 0.0572 e. The third-order valence-electron chi connectivity index (χ3n) is 3.47. The molecule has 0 fully saturated rings. The van der Waals surface area contributed by atoms with Crippen molar-refractivity contribution in [2.75, 3.05) is 11.9 Å². The predicted octanol–water partition coefficient (Wildman–Crippen LogP) is 3.36. The van der Waals surface area contributed by atoms with Crippen LogP contribution < -0.4 is 10.6 Å². The van der Waals surface area contributed by atoms with Gasteiger partial charge in [-0.2, -0.15) is 0 Å². The van der Waals surface area contributed by atoms with Crippen molar-refractivity contribution in [3.8, 4) is 0 Å². The first-order chi connectivity index (χ1) is 8.45. The van der Waals surface area contributed by atoms with Gasteiger partial charge >= 0.3 is 0 Å². The normalized spacial score (nSPS) is 14.6. The standard InChI is InChI=1S/C15H27N3/c1-6-14(16)15-8-7-13(10-17-15)18(5)12(4)9-11(2)3/h7-8,10-12,14H,6,9,16H2,1-5H3/t12?,14-/m1/s1. The minimum Gasteiger partial charge on any atom is -0.371 e. The van der Waals surface area contributed by atoms with Crippen LogP contribution in [0.2, 0.25) is 0 Å². The summed E-state index contributed by atoms with van der Waals surface area (Å²) in [7, 11) is 2.13. The largest absolute Gasteiger partial charge is 0.371 e. The Morgan fingerprint density at radius 2 is 1.94 bits per heavy atom. The molecule has 0 aromatic carbocycles. The second-order valence-electron chi connectivity index (χ2n) is 5.55. The van der Waals surface area contributed by atoms with Gasteiger partial charge in [-0.15, -0.1) is 0 Å². The molecule has 0 aliphatic carbocycles. The Bertz CT molecular complexity index is 345. The van der Waals surface area contributed by atoms with Crippen molar-refractivity contribution in [1.82, 2.24) is 4.98 Å². The third kappa shape index (κ3) is 3.98. The predicted molar refractivity (Wildman–Crippen MR) is 78.8 cm³/mol. The summed E-state index contributed by atoms with van der Waals surface area (Å²) in [6.45, 7) is 8.85. The van der Waals surface area contributed by atoms with Gasteiger partial charge in [0.1, 0.15) is 0 Å². The fourth-order valence-electron chi connectivity index (χ4n) is 2.13. The SMILES string of the molecule is CC[C@@H](N)c1ccc(N(C)C(C)CC(C)C)cn1. The van der Waals surface area contributed by atoms with Crippen LogP contribution >= 0.6 is 0 Å². The fourth-order valence-corrected chi connectivity index (χ4v) is 2.13. The van der Waals surface area contributed by atoms with Crippen molar-refractivity contribution in [1.29, 1.82) is 0 Å². The molecule has 1 heterocycles. The molecule has 0 bridgehead atoms. The van der Waals surface area contributed by atoms with E-state index < -0.39 is 0 Å². The molecule has 1 rings (SSSR count). The number of nitrogens with two attached hydrogens (primary N) is 1. The van der Waals surface area contributed by atoms with E-state index >= 15 is 0 Å². The first kappa shape index (κ1) is 15.0. The van der Waals surface area contributed by atoms with E-state index in [0.717, 1.165) is 17.8 Å². The molecule has 1 aromatic heterocycles. The highest BCUT2D eigenvalue weighted by Crippen LogP contribution is 2.20. The highest BCUT2D eigenvalue weighted by atomic mass is 15.1. The van der Waals surface area contributed by atoms with Gasteiger partial charge in [0.05, 0.1) is 17.6 Å². The van der Waals surface area contributed by atoms with Crippen LogP contribution in [0.25, 0.3) is 0 Å². The molecule has 0 spiro atoms. The van der Waals surface area contributed by atoms with Crippen molar-refractivity contribution < 1.29 is 0 Å². The lowest BCUT2D eigenvalue weighted by molar-refractivity contribution is 0.504. The zero-order valence-corrected chi connectivity index (χ0v) is 12.4. The minimum atomic E-state index is 0.0532. The second kappa shape index (κ2) is 6.74. The van der Waals surface area contributed by atoms with Gasteiger partial charge in [-0.05, 0) is 37.8 Å². The Morgan fingerprint density at radius 1 is 1.28 bits per heavy atom. The molecule has 3 heteroatoms. The van der Waals surface area contributed by atoms with Gasteiger partial charge < -0.3 is 10.6 Å². The van der Waals surface area contributed by atoms with Crippen LogP contribution in [0.15, 0.2) is 18.3 Å². The van der Waals surface area contributed by atoms with Crippen LogP contribution in [0.1, 0.15) is 52.3 Å². The lowest BCUT2D eigenvalue weighted by Crippen LogP contribution is -2.30. The Morgan fingerprint density at radius 3 is 2.39 bits per heavy atom. The zero-order chi connectivity index (χ0) is 13.7. The van der Waals surface area contributed by atoms with Crippen molar-refractivity contribution in [2.24, 2.45) is 11.7 Å². The zero-order valence-electron chi connectivity index (χ0n) is 12.4. The summed E-state index contributed by atoms with van der Waals surface area (Å²) in [5, 5.41) is 0. The van der Waals surface area contributed by atoms with Gasteiger partial charge in [-0.3, -0.25) is 4.98 Å². The van der Waals surface area contributed by atoms with Gasteiger partial charge in [-0.1, -0.05) is 20.8 Å². The number of hydrogen-bond acceptors (Lipinski definition) is 3. The van der Waals surface area contributed by atoms with E-state index in [4.69, 9.17) is 5.73 Å². The quantitative estimate of drug-likeness (QED) is 0.840.